The van der Waals surface area contributed by atoms with E-state index in [0.717, 1.165) is 38.2 Å². The van der Waals surface area contributed by atoms with Crippen LogP contribution in [0.25, 0.3) is 0 Å². The summed E-state index contributed by atoms with van der Waals surface area (Å²) < 4.78 is 5.32. The fourth-order valence-electron chi connectivity index (χ4n) is 2.22. The molecule has 1 unspecified atom stereocenters. The third-order valence-electron chi connectivity index (χ3n) is 3.42. The lowest BCUT2D eigenvalue weighted by atomic mass is 10.1. The van der Waals surface area contributed by atoms with E-state index >= 15 is 0 Å². The summed E-state index contributed by atoms with van der Waals surface area (Å²) in [6, 6.07) is 8.17. The highest BCUT2D eigenvalue weighted by molar-refractivity contribution is 7.98. The molecule has 0 saturated carbocycles. The standard InChI is InChI=1S/C15H21NO2S/c1-19-14-4-2-12(3-5-14)10-15(17)16-8-6-13-7-9-18-11-13/h2-5,13H,6-11H2,1H3,(H,16,17). The molecule has 1 heterocycles. The zero-order chi connectivity index (χ0) is 13.5. The average Bonchev–Trinajstić information content (AvgIpc) is 2.93. The molecule has 1 N–H and O–H groups in total. The van der Waals surface area contributed by atoms with Crippen molar-refractivity contribution in [3.63, 3.8) is 0 Å². The molecule has 3 nitrogen and oxygen atoms in total. The molecule has 1 fully saturated rings. The topological polar surface area (TPSA) is 38.3 Å². The smallest absolute Gasteiger partial charge is 0.224 e. The number of thioether (sulfide) groups is 1. The largest absolute Gasteiger partial charge is 0.381 e. The second-order valence-corrected chi connectivity index (χ2v) is 5.77. The van der Waals surface area contributed by atoms with Crippen LogP contribution in [0.3, 0.4) is 0 Å². The van der Waals surface area contributed by atoms with Gasteiger partial charge in [0.2, 0.25) is 5.91 Å². The summed E-state index contributed by atoms with van der Waals surface area (Å²) in [7, 11) is 0. The highest BCUT2D eigenvalue weighted by atomic mass is 32.2. The number of hydrogen-bond acceptors (Lipinski definition) is 3. The van der Waals surface area contributed by atoms with Gasteiger partial charge in [-0.2, -0.15) is 0 Å². The van der Waals surface area contributed by atoms with Crippen LogP contribution in [0.15, 0.2) is 29.2 Å². The number of carbonyl (C=O) groups is 1. The van der Waals surface area contributed by atoms with Gasteiger partial charge in [0.15, 0.2) is 0 Å². The van der Waals surface area contributed by atoms with E-state index in [1.807, 2.05) is 12.1 Å². The van der Waals surface area contributed by atoms with Crippen LogP contribution in [0.2, 0.25) is 0 Å². The lowest BCUT2D eigenvalue weighted by Crippen LogP contribution is -2.27. The van der Waals surface area contributed by atoms with Gasteiger partial charge in [0, 0.05) is 24.7 Å². The Morgan fingerprint density at radius 3 is 2.84 bits per heavy atom. The first kappa shape index (κ1) is 14.4. The third-order valence-corrected chi connectivity index (χ3v) is 4.17. The molecule has 1 aromatic rings. The molecular weight excluding hydrogens is 258 g/mol. The Morgan fingerprint density at radius 1 is 1.42 bits per heavy atom. The maximum atomic E-state index is 11.8. The van der Waals surface area contributed by atoms with Gasteiger partial charge in [0.25, 0.3) is 0 Å². The van der Waals surface area contributed by atoms with Gasteiger partial charge in [0.05, 0.1) is 6.42 Å². The molecule has 0 radical (unpaired) electrons. The van der Waals surface area contributed by atoms with E-state index in [-0.39, 0.29) is 5.91 Å². The zero-order valence-corrected chi connectivity index (χ0v) is 12.2. The summed E-state index contributed by atoms with van der Waals surface area (Å²) in [5, 5.41) is 2.99. The quantitative estimate of drug-likeness (QED) is 0.813. The molecule has 1 atom stereocenters. The van der Waals surface area contributed by atoms with Crippen molar-refractivity contribution in [3.8, 4) is 0 Å². The van der Waals surface area contributed by atoms with E-state index < -0.39 is 0 Å². The van der Waals surface area contributed by atoms with Gasteiger partial charge >= 0.3 is 0 Å². The summed E-state index contributed by atoms with van der Waals surface area (Å²) in [6.45, 7) is 2.49. The number of ether oxygens (including phenoxy) is 1. The number of nitrogens with one attached hydrogen (secondary N) is 1. The maximum Gasteiger partial charge on any atom is 0.224 e. The first-order chi connectivity index (χ1) is 9.28. The van der Waals surface area contributed by atoms with Gasteiger partial charge in [0.1, 0.15) is 0 Å². The van der Waals surface area contributed by atoms with Crippen molar-refractivity contribution in [2.24, 2.45) is 5.92 Å². The highest BCUT2D eigenvalue weighted by Crippen LogP contribution is 2.16. The zero-order valence-electron chi connectivity index (χ0n) is 11.4. The molecule has 1 aliphatic rings. The SMILES string of the molecule is CSc1ccc(CC(=O)NCCC2CCOC2)cc1. The van der Waals surface area contributed by atoms with Gasteiger partial charge in [-0.05, 0) is 42.7 Å². The van der Waals surface area contributed by atoms with Crippen molar-refractivity contribution >= 4 is 17.7 Å². The minimum atomic E-state index is 0.107. The summed E-state index contributed by atoms with van der Waals surface area (Å²) in [6.07, 6.45) is 4.67. The summed E-state index contributed by atoms with van der Waals surface area (Å²) in [5.41, 5.74) is 1.07. The van der Waals surface area contributed by atoms with Crippen LogP contribution in [0, 0.1) is 5.92 Å². The number of hydrogen-bond donors (Lipinski definition) is 1. The van der Waals surface area contributed by atoms with Crippen LogP contribution in [0.5, 0.6) is 0 Å². The molecule has 1 saturated heterocycles. The van der Waals surface area contributed by atoms with Gasteiger partial charge in [-0.25, -0.2) is 0 Å². The van der Waals surface area contributed by atoms with E-state index in [9.17, 15) is 4.79 Å². The predicted octanol–water partition coefficient (Wildman–Crippen LogP) is 2.49. The molecule has 2 rings (SSSR count). The Balaban J connectivity index is 1.68. The van der Waals surface area contributed by atoms with Crippen LogP contribution in [-0.2, 0) is 16.0 Å². The molecule has 0 bridgehead atoms. The monoisotopic (exact) mass is 279 g/mol. The van der Waals surface area contributed by atoms with Gasteiger partial charge in [-0.1, -0.05) is 12.1 Å². The van der Waals surface area contributed by atoms with Gasteiger partial charge in [-0.15, -0.1) is 11.8 Å². The van der Waals surface area contributed by atoms with Crippen LogP contribution >= 0.6 is 11.8 Å². The molecule has 1 aromatic carbocycles. The van der Waals surface area contributed by atoms with Crippen molar-refractivity contribution in [1.82, 2.24) is 5.32 Å². The summed E-state index contributed by atoms with van der Waals surface area (Å²) in [4.78, 5) is 13.0. The number of amides is 1. The molecule has 0 spiro atoms. The Bertz CT molecular complexity index is 399. The van der Waals surface area contributed by atoms with E-state index in [2.05, 4.69) is 23.7 Å². The van der Waals surface area contributed by atoms with Crippen LogP contribution in [-0.4, -0.2) is 31.9 Å². The molecule has 104 valence electrons. The van der Waals surface area contributed by atoms with Crippen LogP contribution in [0.1, 0.15) is 18.4 Å². The van der Waals surface area contributed by atoms with Gasteiger partial charge < -0.3 is 10.1 Å². The first-order valence-electron chi connectivity index (χ1n) is 6.75. The molecule has 1 amide bonds. The Kier molecular flexibility index (Phi) is 5.73. The third kappa shape index (κ3) is 4.88. The van der Waals surface area contributed by atoms with E-state index in [1.54, 1.807) is 11.8 Å². The first-order valence-corrected chi connectivity index (χ1v) is 7.98. The maximum absolute atomic E-state index is 11.8. The normalized spacial score (nSPS) is 18.5. The van der Waals surface area contributed by atoms with Crippen molar-refractivity contribution in [3.05, 3.63) is 29.8 Å². The Labute approximate surface area is 119 Å². The van der Waals surface area contributed by atoms with Crippen LogP contribution in [0.4, 0.5) is 0 Å². The van der Waals surface area contributed by atoms with Crippen LogP contribution < -0.4 is 5.32 Å². The minimum absolute atomic E-state index is 0.107. The van der Waals surface area contributed by atoms with Crippen molar-refractivity contribution < 1.29 is 9.53 Å². The molecule has 19 heavy (non-hydrogen) atoms. The lowest BCUT2D eigenvalue weighted by Gasteiger charge is -2.09. The average molecular weight is 279 g/mol. The predicted molar refractivity (Wildman–Crippen MR) is 78.5 cm³/mol. The molecular formula is C15H21NO2S. The van der Waals surface area contributed by atoms with Crippen molar-refractivity contribution in [2.75, 3.05) is 26.0 Å². The fourth-order valence-corrected chi connectivity index (χ4v) is 2.63. The lowest BCUT2D eigenvalue weighted by molar-refractivity contribution is -0.120. The van der Waals surface area contributed by atoms with Crippen molar-refractivity contribution in [1.29, 1.82) is 0 Å². The van der Waals surface area contributed by atoms with E-state index in [0.29, 0.717) is 12.3 Å². The number of benzene rings is 1. The molecule has 0 aromatic heterocycles. The minimum Gasteiger partial charge on any atom is -0.381 e. The number of carbonyl (C=O) groups excluding carboxylic acids is 1. The van der Waals surface area contributed by atoms with Gasteiger partial charge in [-0.3, -0.25) is 4.79 Å². The summed E-state index contributed by atoms with van der Waals surface area (Å²) >= 11 is 1.71. The molecule has 0 aliphatic carbocycles. The van der Waals surface area contributed by atoms with E-state index in [4.69, 9.17) is 4.74 Å². The molecule has 1 aliphatic heterocycles. The highest BCUT2D eigenvalue weighted by Gasteiger charge is 2.15. The molecule has 4 heteroatoms. The second-order valence-electron chi connectivity index (χ2n) is 4.89. The number of rotatable bonds is 6. The van der Waals surface area contributed by atoms with E-state index in [1.165, 1.54) is 4.90 Å². The van der Waals surface area contributed by atoms with Crippen molar-refractivity contribution in [2.45, 2.75) is 24.2 Å². The second kappa shape index (κ2) is 7.56. The Hall–Kier alpha value is -1.00. The fraction of sp³-hybridized carbons (Fsp3) is 0.533. The summed E-state index contributed by atoms with van der Waals surface area (Å²) in [5.74, 6) is 0.733. The Morgan fingerprint density at radius 2 is 2.21 bits per heavy atom.